The van der Waals surface area contributed by atoms with Crippen LogP contribution in [0, 0.1) is 0 Å². The number of nitrogens with zero attached hydrogens (tertiary/aromatic N) is 2. The van der Waals surface area contributed by atoms with Gasteiger partial charge < -0.3 is 31.6 Å². The first kappa shape index (κ1) is 24.2. The lowest BCUT2D eigenvalue weighted by Crippen LogP contribution is -2.41. The second-order valence-electron chi connectivity index (χ2n) is 7.41. The molecule has 1 amide bonds. The van der Waals surface area contributed by atoms with E-state index in [1.165, 1.54) is 14.2 Å². The minimum Gasteiger partial charge on any atom is -0.469 e. The Morgan fingerprint density at radius 2 is 1.74 bits per heavy atom. The number of esters is 2. The quantitative estimate of drug-likeness (QED) is 0.340. The summed E-state index contributed by atoms with van der Waals surface area (Å²) in [6, 6.07) is 11.4. The van der Waals surface area contributed by atoms with Crippen molar-refractivity contribution in [2.45, 2.75) is 25.4 Å². The van der Waals surface area contributed by atoms with Crippen molar-refractivity contribution >= 4 is 46.2 Å². The molecule has 11 nitrogen and oxygen atoms in total. The molecule has 0 aliphatic carbocycles. The molecule has 1 aromatic heterocycles. The maximum absolute atomic E-state index is 12.6. The summed E-state index contributed by atoms with van der Waals surface area (Å²) in [5.74, 6) is -1.15. The first-order chi connectivity index (χ1) is 16.3. The number of amides is 1. The van der Waals surface area contributed by atoms with Crippen LogP contribution in [-0.2, 0) is 25.6 Å². The summed E-state index contributed by atoms with van der Waals surface area (Å²) >= 11 is 0. The smallest absolute Gasteiger partial charge is 0.328 e. The molecule has 3 rings (SSSR count). The summed E-state index contributed by atoms with van der Waals surface area (Å²) in [6.07, 6.45) is 0.0437. The number of methoxy groups -OCH3 is 2. The minimum atomic E-state index is -0.961. The SMILES string of the molecule is COC(=O)CC[C@H](NC(=O)c1ccc(CNc2ccc3nc(N)nc(N)c3c2)cc1)C(=O)OC. The van der Waals surface area contributed by atoms with Gasteiger partial charge in [0.15, 0.2) is 0 Å². The van der Waals surface area contributed by atoms with Gasteiger partial charge in [-0.25, -0.2) is 9.78 Å². The molecule has 0 saturated carbocycles. The highest BCUT2D eigenvalue weighted by molar-refractivity contribution is 5.97. The Bertz CT molecular complexity index is 1200. The first-order valence-electron chi connectivity index (χ1n) is 10.4. The third kappa shape index (κ3) is 6.09. The Morgan fingerprint density at radius 3 is 2.41 bits per heavy atom. The van der Waals surface area contributed by atoms with Gasteiger partial charge >= 0.3 is 11.9 Å². The molecule has 6 N–H and O–H groups in total. The van der Waals surface area contributed by atoms with E-state index in [1.54, 1.807) is 30.3 Å². The van der Waals surface area contributed by atoms with Gasteiger partial charge in [0.2, 0.25) is 5.95 Å². The highest BCUT2D eigenvalue weighted by Gasteiger charge is 2.23. The molecule has 1 atom stereocenters. The third-order valence-corrected chi connectivity index (χ3v) is 5.11. The average Bonchev–Trinajstić information content (AvgIpc) is 2.84. The van der Waals surface area contributed by atoms with E-state index in [0.717, 1.165) is 11.3 Å². The Hall–Kier alpha value is -4.41. The zero-order valence-corrected chi connectivity index (χ0v) is 18.8. The van der Waals surface area contributed by atoms with Crippen LogP contribution in [0.3, 0.4) is 0 Å². The van der Waals surface area contributed by atoms with E-state index in [4.69, 9.17) is 16.2 Å². The summed E-state index contributed by atoms with van der Waals surface area (Å²) in [6.45, 7) is 0.493. The molecule has 0 saturated heterocycles. The van der Waals surface area contributed by atoms with Gasteiger partial charge in [-0.3, -0.25) is 9.59 Å². The molecular weight excluding hydrogens is 440 g/mol. The van der Waals surface area contributed by atoms with Gasteiger partial charge in [-0.2, -0.15) is 4.98 Å². The fraction of sp³-hybridized carbons (Fsp3) is 0.261. The number of nitrogen functional groups attached to an aromatic ring is 2. The van der Waals surface area contributed by atoms with Gasteiger partial charge in [-0.05, 0) is 42.3 Å². The van der Waals surface area contributed by atoms with Crippen LogP contribution < -0.4 is 22.1 Å². The topological polar surface area (TPSA) is 172 Å². The Labute approximate surface area is 195 Å². The molecule has 0 fully saturated rings. The number of hydrogen-bond donors (Lipinski definition) is 4. The molecule has 0 radical (unpaired) electrons. The minimum absolute atomic E-state index is 0.0267. The standard InChI is InChI=1S/C23H26N6O5/c1-33-19(30)10-9-18(22(32)34-2)27-21(31)14-5-3-13(4-6-14)12-26-15-7-8-17-16(11-15)20(24)29-23(25)28-17/h3-8,11,18,26H,9-10,12H2,1-2H3,(H,27,31)(H4,24,25,28,29)/t18-/m0/s1. The van der Waals surface area contributed by atoms with Gasteiger partial charge in [0.1, 0.15) is 11.9 Å². The number of benzene rings is 2. The van der Waals surface area contributed by atoms with Crippen LogP contribution in [0.2, 0.25) is 0 Å². The second kappa shape index (κ2) is 10.9. The van der Waals surface area contributed by atoms with Crippen LogP contribution in [-0.4, -0.2) is 48.1 Å². The molecule has 3 aromatic rings. The second-order valence-corrected chi connectivity index (χ2v) is 7.41. The number of carbonyl (C=O) groups is 3. The number of aromatic nitrogens is 2. The van der Waals surface area contributed by atoms with Gasteiger partial charge in [-0.1, -0.05) is 12.1 Å². The molecule has 0 unspecified atom stereocenters. The van der Waals surface area contributed by atoms with E-state index in [2.05, 4.69) is 25.3 Å². The van der Waals surface area contributed by atoms with Gasteiger partial charge in [0.05, 0.1) is 19.7 Å². The molecule has 0 bridgehead atoms. The molecule has 34 heavy (non-hydrogen) atoms. The van der Waals surface area contributed by atoms with Crippen molar-refractivity contribution in [2.24, 2.45) is 0 Å². The predicted octanol–water partition coefficient (Wildman–Crippen LogP) is 1.63. The molecule has 0 aliphatic rings. The summed E-state index contributed by atoms with van der Waals surface area (Å²) in [5, 5.41) is 6.57. The first-order valence-corrected chi connectivity index (χ1v) is 10.4. The molecular formula is C23H26N6O5. The summed E-state index contributed by atoms with van der Waals surface area (Å²) in [4.78, 5) is 44.0. The number of hydrogen-bond acceptors (Lipinski definition) is 10. The van der Waals surface area contributed by atoms with E-state index in [0.29, 0.717) is 28.8 Å². The zero-order chi connectivity index (χ0) is 24.7. The third-order valence-electron chi connectivity index (χ3n) is 5.11. The normalized spacial score (nSPS) is 11.5. The number of ether oxygens (including phenoxy) is 2. The largest absolute Gasteiger partial charge is 0.469 e. The lowest BCUT2D eigenvalue weighted by molar-refractivity contribution is -0.144. The average molecular weight is 466 g/mol. The number of anilines is 3. The Morgan fingerprint density at radius 1 is 1.00 bits per heavy atom. The monoisotopic (exact) mass is 466 g/mol. The molecule has 0 aliphatic heterocycles. The maximum Gasteiger partial charge on any atom is 0.328 e. The molecule has 0 spiro atoms. The van der Waals surface area contributed by atoms with Crippen molar-refractivity contribution in [2.75, 3.05) is 31.0 Å². The number of fused-ring (bicyclic) bond motifs is 1. The maximum atomic E-state index is 12.6. The fourth-order valence-electron chi connectivity index (χ4n) is 3.26. The van der Waals surface area contributed by atoms with Crippen LogP contribution in [0.1, 0.15) is 28.8 Å². The fourth-order valence-corrected chi connectivity index (χ4v) is 3.26. The number of rotatable bonds is 9. The van der Waals surface area contributed by atoms with E-state index in [-0.39, 0.29) is 18.8 Å². The molecule has 11 heteroatoms. The number of nitrogens with one attached hydrogen (secondary N) is 2. The lowest BCUT2D eigenvalue weighted by atomic mass is 10.1. The highest BCUT2D eigenvalue weighted by atomic mass is 16.5. The van der Waals surface area contributed by atoms with E-state index in [9.17, 15) is 14.4 Å². The van der Waals surface area contributed by atoms with Gasteiger partial charge in [-0.15, -0.1) is 0 Å². The predicted molar refractivity (Wildman–Crippen MR) is 127 cm³/mol. The van der Waals surface area contributed by atoms with Crippen molar-refractivity contribution in [3.05, 3.63) is 53.6 Å². The van der Waals surface area contributed by atoms with Crippen molar-refractivity contribution in [3.63, 3.8) is 0 Å². The van der Waals surface area contributed by atoms with Crippen molar-refractivity contribution in [1.29, 1.82) is 0 Å². The number of nitrogens with two attached hydrogens (primary N) is 2. The Balaban J connectivity index is 1.61. The van der Waals surface area contributed by atoms with E-state index >= 15 is 0 Å². The van der Waals surface area contributed by atoms with Crippen LogP contribution >= 0.6 is 0 Å². The van der Waals surface area contributed by atoms with Crippen LogP contribution in [0.25, 0.3) is 10.9 Å². The summed E-state index contributed by atoms with van der Waals surface area (Å²) in [5.41, 5.74) is 14.3. The Kier molecular flexibility index (Phi) is 7.80. The van der Waals surface area contributed by atoms with Crippen LogP contribution in [0.5, 0.6) is 0 Å². The van der Waals surface area contributed by atoms with Crippen LogP contribution in [0.4, 0.5) is 17.5 Å². The molecule has 178 valence electrons. The van der Waals surface area contributed by atoms with Gasteiger partial charge in [0, 0.05) is 29.6 Å². The molecule has 1 heterocycles. The van der Waals surface area contributed by atoms with Crippen molar-refractivity contribution < 1.29 is 23.9 Å². The van der Waals surface area contributed by atoms with Crippen molar-refractivity contribution in [3.8, 4) is 0 Å². The summed E-state index contributed by atoms with van der Waals surface area (Å²) < 4.78 is 9.29. The van der Waals surface area contributed by atoms with Crippen molar-refractivity contribution in [1.82, 2.24) is 15.3 Å². The van der Waals surface area contributed by atoms with Gasteiger partial charge in [0.25, 0.3) is 5.91 Å². The highest BCUT2D eigenvalue weighted by Crippen LogP contribution is 2.23. The van der Waals surface area contributed by atoms with E-state index < -0.39 is 23.9 Å². The lowest BCUT2D eigenvalue weighted by Gasteiger charge is -2.16. The zero-order valence-electron chi connectivity index (χ0n) is 18.8. The number of carbonyl (C=O) groups excluding carboxylic acids is 3. The molecule has 2 aromatic carbocycles. The van der Waals surface area contributed by atoms with E-state index in [1.807, 2.05) is 12.1 Å². The summed E-state index contributed by atoms with van der Waals surface area (Å²) in [7, 11) is 2.47. The van der Waals surface area contributed by atoms with Crippen LogP contribution in [0.15, 0.2) is 42.5 Å².